The molecule has 2 rings (SSSR count). The summed E-state index contributed by atoms with van der Waals surface area (Å²) in [5.74, 6) is -0.564. The van der Waals surface area contributed by atoms with Gasteiger partial charge in [0, 0.05) is 6.92 Å². The van der Waals surface area contributed by atoms with Crippen LogP contribution >= 0.6 is 0 Å². The number of fused-ring (bicyclic) bond motifs is 1. The molecule has 20 heavy (non-hydrogen) atoms. The number of anilines is 1. The molecule has 0 N–H and O–H groups in total. The summed E-state index contributed by atoms with van der Waals surface area (Å²) in [4.78, 5) is 35.8. The Bertz CT molecular complexity index is 556. The molecule has 0 bridgehead atoms. The fourth-order valence-corrected chi connectivity index (χ4v) is 2.61. The lowest BCUT2D eigenvalue weighted by Gasteiger charge is -2.23. The molecule has 6 heteroatoms. The maximum Gasteiger partial charge on any atom is 0.307 e. The average molecular weight is 276 g/mol. The van der Waals surface area contributed by atoms with E-state index in [0.717, 1.165) is 5.56 Å². The topological polar surface area (TPSA) is 76.0 Å². The van der Waals surface area contributed by atoms with Crippen molar-refractivity contribution in [1.29, 1.82) is 0 Å². The molecular formula is C14H16N2O4. The average Bonchev–Trinajstić information content (AvgIpc) is 2.76. The molecular weight excluding hydrogens is 260 g/mol. The maximum absolute atomic E-state index is 11.9. The second-order valence-corrected chi connectivity index (χ2v) is 4.63. The molecule has 0 saturated heterocycles. The highest BCUT2D eigenvalue weighted by atomic mass is 16.5. The van der Waals surface area contributed by atoms with Gasteiger partial charge >= 0.3 is 5.97 Å². The Morgan fingerprint density at radius 2 is 2.20 bits per heavy atom. The number of benzene rings is 1. The molecule has 0 saturated carbocycles. The van der Waals surface area contributed by atoms with E-state index < -0.39 is 0 Å². The van der Waals surface area contributed by atoms with Crippen LogP contribution in [0.4, 0.5) is 11.4 Å². The Balaban J connectivity index is 2.32. The molecule has 1 unspecified atom stereocenters. The summed E-state index contributed by atoms with van der Waals surface area (Å²) >= 11 is 0. The van der Waals surface area contributed by atoms with Crippen LogP contribution in [0.25, 0.3) is 0 Å². The number of hydrogen-bond acceptors (Lipinski definition) is 5. The molecule has 106 valence electrons. The smallest absolute Gasteiger partial charge is 0.307 e. The molecule has 1 aromatic carbocycles. The van der Waals surface area contributed by atoms with Crippen molar-refractivity contribution in [1.82, 2.24) is 0 Å². The summed E-state index contributed by atoms with van der Waals surface area (Å²) in [5.41, 5.74) is 1.60. The van der Waals surface area contributed by atoms with E-state index in [0.29, 0.717) is 18.7 Å². The van der Waals surface area contributed by atoms with Crippen molar-refractivity contribution in [3.8, 4) is 0 Å². The van der Waals surface area contributed by atoms with Crippen LogP contribution in [0.2, 0.25) is 0 Å². The third-order valence-electron chi connectivity index (χ3n) is 3.31. The molecule has 1 heterocycles. The molecule has 6 nitrogen and oxygen atoms in total. The number of ether oxygens (including phenoxy) is 1. The third-order valence-corrected chi connectivity index (χ3v) is 3.31. The maximum atomic E-state index is 11.9. The van der Waals surface area contributed by atoms with E-state index in [9.17, 15) is 14.5 Å². The van der Waals surface area contributed by atoms with Crippen molar-refractivity contribution in [2.75, 3.05) is 11.5 Å². The van der Waals surface area contributed by atoms with Gasteiger partial charge in [0.25, 0.3) is 0 Å². The number of carbonyl (C=O) groups is 2. The van der Waals surface area contributed by atoms with Crippen molar-refractivity contribution in [2.45, 2.75) is 32.7 Å². The van der Waals surface area contributed by atoms with Gasteiger partial charge in [-0.15, -0.1) is 4.91 Å². The predicted octanol–water partition coefficient (Wildman–Crippen LogP) is 2.32. The Kier molecular flexibility index (Phi) is 4.12. The third kappa shape index (κ3) is 2.54. The first kappa shape index (κ1) is 14.2. The van der Waals surface area contributed by atoms with Crippen LogP contribution in [0, 0.1) is 4.91 Å². The highest BCUT2D eigenvalue weighted by Crippen LogP contribution is 2.41. The number of carbonyl (C=O) groups excluding carboxylic acids is 2. The van der Waals surface area contributed by atoms with Crippen LogP contribution in [0.5, 0.6) is 0 Å². The van der Waals surface area contributed by atoms with Gasteiger partial charge in [-0.1, -0.05) is 12.1 Å². The molecule has 0 fully saturated rings. The standard InChI is InChI=1S/C14H16N2O4/c1-3-20-13(18)8-11-7-10-5-4-6-12(15-19)14(10)16(11)9(2)17/h4-6,11H,3,7-8H2,1-2H3. The van der Waals surface area contributed by atoms with E-state index in [1.807, 2.05) is 6.07 Å². The van der Waals surface area contributed by atoms with Crippen LogP contribution in [-0.4, -0.2) is 24.5 Å². The summed E-state index contributed by atoms with van der Waals surface area (Å²) in [6, 6.07) is 4.81. The zero-order valence-corrected chi connectivity index (χ0v) is 11.5. The van der Waals surface area contributed by atoms with Crippen molar-refractivity contribution < 1.29 is 14.3 Å². The number of nitroso groups, excluding NO2 is 1. The zero-order chi connectivity index (χ0) is 14.7. The zero-order valence-electron chi connectivity index (χ0n) is 11.5. The number of nitrogens with zero attached hydrogens (tertiary/aromatic N) is 2. The van der Waals surface area contributed by atoms with Crippen molar-refractivity contribution in [3.05, 3.63) is 28.7 Å². The van der Waals surface area contributed by atoms with Gasteiger partial charge in [-0.05, 0) is 30.2 Å². The lowest BCUT2D eigenvalue weighted by atomic mass is 10.1. The molecule has 0 radical (unpaired) electrons. The van der Waals surface area contributed by atoms with E-state index in [1.165, 1.54) is 11.8 Å². The number of rotatable bonds is 4. The van der Waals surface area contributed by atoms with E-state index >= 15 is 0 Å². The normalized spacial score (nSPS) is 16.7. The molecule has 0 aliphatic carbocycles. The first-order chi connectivity index (χ1) is 9.58. The number of amides is 1. The Morgan fingerprint density at radius 3 is 2.80 bits per heavy atom. The molecule has 0 spiro atoms. The molecule has 1 amide bonds. The highest BCUT2D eigenvalue weighted by molar-refractivity contribution is 5.98. The molecule has 0 aromatic heterocycles. The molecule has 1 aliphatic rings. The number of para-hydroxylation sites is 1. The summed E-state index contributed by atoms with van der Waals surface area (Å²) in [5, 5.41) is 2.96. The van der Waals surface area contributed by atoms with E-state index in [4.69, 9.17) is 4.74 Å². The summed E-state index contributed by atoms with van der Waals surface area (Å²) in [6.45, 7) is 3.45. The fraction of sp³-hybridized carbons (Fsp3) is 0.429. The summed E-state index contributed by atoms with van der Waals surface area (Å²) in [7, 11) is 0. The largest absolute Gasteiger partial charge is 0.466 e. The van der Waals surface area contributed by atoms with Gasteiger partial charge in [0.2, 0.25) is 5.91 Å². The van der Waals surface area contributed by atoms with Gasteiger partial charge in [0.05, 0.1) is 24.8 Å². The Morgan fingerprint density at radius 1 is 1.45 bits per heavy atom. The van der Waals surface area contributed by atoms with E-state index in [1.54, 1.807) is 19.1 Å². The minimum absolute atomic E-state index is 0.112. The minimum atomic E-state index is -0.350. The minimum Gasteiger partial charge on any atom is -0.466 e. The van der Waals surface area contributed by atoms with Crippen LogP contribution in [-0.2, 0) is 20.7 Å². The first-order valence-corrected chi connectivity index (χ1v) is 6.49. The number of esters is 1. The second-order valence-electron chi connectivity index (χ2n) is 4.63. The quantitative estimate of drug-likeness (QED) is 0.624. The second kappa shape index (κ2) is 5.81. The molecule has 1 aromatic rings. The van der Waals surface area contributed by atoms with Gasteiger partial charge in [0.15, 0.2) is 0 Å². The van der Waals surface area contributed by atoms with Crippen molar-refractivity contribution in [2.24, 2.45) is 5.18 Å². The lowest BCUT2D eigenvalue weighted by Crippen LogP contribution is -2.37. The monoisotopic (exact) mass is 276 g/mol. The highest BCUT2D eigenvalue weighted by Gasteiger charge is 2.35. The van der Waals surface area contributed by atoms with Crippen LogP contribution in [0.1, 0.15) is 25.8 Å². The number of hydrogen-bond donors (Lipinski definition) is 0. The van der Waals surface area contributed by atoms with Gasteiger partial charge in [-0.3, -0.25) is 9.59 Å². The first-order valence-electron chi connectivity index (χ1n) is 6.49. The Labute approximate surface area is 116 Å². The van der Waals surface area contributed by atoms with Gasteiger partial charge in [-0.25, -0.2) is 0 Å². The fourth-order valence-electron chi connectivity index (χ4n) is 2.61. The van der Waals surface area contributed by atoms with Crippen molar-refractivity contribution in [3.63, 3.8) is 0 Å². The van der Waals surface area contributed by atoms with E-state index in [2.05, 4.69) is 5.18 Å². The van der Waals surface area contributed by atoms with Gasteiger partial charge in [-0.2, -0.15) is 0 Å². The Hall–Kier alpha value is -2.24. The van der Waals surface area contributed by atoms with Crippen LogP contribution in [0.3, 0.4) is 0 Å². The van der Waals surface area contributed by atoms with Crippen molar-refractivity contribution >= 4 is 23.3 Å². The van der Waals surface area contributed by atoms with Gasteiger partial charge in [0.1, 0.15) is 5.69 Å². The van der Waals surface area contributed by atoms with Crippen LogP contribution < -0.4 is 4.90 Å². The summed E-state index contributed by atoms with van der Waals surface area (Å²) < 4.78 is 4.93. The summed E-state index contributed by atoms with van der Waals surface area (Å²) in [6.07, 6.45) is 0.636. The lowest BCUT2D eigenvalue weighted by molar-refractivity contribution is -0.143. The van der Waals surface area contributed by atoms with Gasteiger partial charge < -0.3 is 9.64 Å². The van der Waals surface area contributed by atoms with Crippen LogP contribution in [0.15, 0.2) is 23.4 Å². The van der Waals surface area contributed by atoms with E-state index in [-0.39, 0.29) is 30.0 Å². The predicted molar refractivity (Wildman–Crippen MR) is 73.8 cm³/mol. The molecule has 1 atom stereocenters. The molecule has 1 aliphatic heterocycles. The SMILES string of the molecule is CCOC(=O)CC1Cc2cccc(N=O)c2N1C(C)=O.